The van der Waals surface area contributed by atoms with Gasteiger partial charge in [-0.05, 0) is 89.9 Å². The van der Waals surface area contributed by atoms with Crippen LogP contribution in [0.25, 0.3) is 21.6 Å². The number of hydrogen-bond acceptors (Lipinski definition) is 3. The molecular weight excluding hydrogens is 384 g/mol. The molecule has 0 amide bonds. The molecule has 150 valence electrons. The van der Waals surface area contributed by atoms with Crippen LogP contribution in [-0.2, 0) is 12.8 Å². The van der Waals surface area contributed by atoms with Crippen molar-refractivity contribution in [3.05, 3.63) is 69.1 Å². The summed E-state index contributed by atoms with van der Waals surface area (Å²) in [6.07, 6.45) is 1.56. The van der Waals surface area contributed by atoms with Crippen LogP contribution in [0.5, 0.6) is 0 Å². The highest BCUT2D eigenvalue weighted by atomic mass is 32.1. The van der Waals surface area contributed by atoms with E-state index in [1.54, 1.807) is 18.2 Å². The van der Waals surface area contributed by atoms with Gasteiger partial charge in [-0.25, -0.2) is 9.59 Å². The van der Waals surface area contributed by atoms with Crippen molar-refractivity contribution in [3.8, 4) is 21.6 Å². The minimum absolute atomic E-state index is 0.312. The molecule has 0 fully saturated rings. The molecule has 1 heterocycles. The lowest BCUT2D eigenvalue weighted by Crippen LogP contribution is -2.02. The van der Waals surface area contributed by atoms with Crippen molar-refractivity contribution in [2.75, 3.05) is 0 Å². The largest absolute Gasteiger partial charge is 0.478 e. The third-order valence-electron chi connectivity index (χ3n) is 5.19. The van der Waals surface area contributed by atoms with Crippen LogP contribution in [-0.4, -0.2) is 22.2 Å². The zero-order chi connectivity index (χ0) is 21.3. The first-order valence-corrected chi connectivity index (χ1v) is 10.4. The Morgan fingerprint density at radius 1 is 0.828 bits per heavy atom. The number of carboxylic acid groups (broad SMARTS) is 2. The van der Waals surface area contributed by atoms with Crippen molar-refractivity contribution in [1.82, 2.24) is 0 Å². The van der Waals surface area contributed by atoms with Crippen molar-refractivity contribution in [2.45, 2.75) is 40.5 Å². The normalized spacial score (nSPS) is 10.9. The summed E-state index contributed by atoms with van der Waals surface area (Å²) < 4.78 is 0. The first-order chi connectivity index (χ1) is 13.8. The molecule has 0 saturated heterocycles. The molecule has 0 radical (unpaired) electrons. The summed E-state index contributed by atoms with van der Waals surface area (Å²) in [6, 6.07) is 11.3. The summed E-state index contributed by atoms with van der Waals surface area (Å²) in [6.45, 7) is 8.12. The Kier molecular flexibility index (Phi) is 5.89. The summed E-state index contributed by atoms with van der Waals surface area (Å²) in [5, 5.41) is 18.6. The molecule has 4 nitrogen and oxygen atoms in total. The lowest BCUT2D eigenvalue weighted by atomic mass is 9.87. The van der Waals surface area contributed by atoms with E-state index in [1.807, 2.05) is 26.8 Å². The number of benzene rings is 2. The first-order valence-electron chi connectivity index (χ1n) is 9.61. The second-order valence-corrected chi connectivity index (χ2v) is 8.22. The highest BCUT2D eigenvalue weighted by Crippen LogP contribution is 2.38. The smallest absolute Gasteiger partial charge is 0.345 e. The molecule has 5 heteroatoms. The standard InChI is InChI=1S/C24H24O4S/c1-5-15-12-18(23(25)26)10-13(3)21(15)17-9-14(4)22(16(6-2)11-17)19-7-8-20(29-19)24(27)28/h7-12H,5-6H2,1-4H3,(H,25,26)(H,27,28). The number of hydrogen-bond donors (Lipinski definition) is 2. The Labute approximate surface area is 174 Å². The molecule has 0 atom stereocenters. The van der Waals surface area contributed by atoms with E-state index in [1.165, 1.54) is 11.3 Å². The van der Waals surface area contributed by atoms with Crippen LogP contribution in [0.15, 0.2) is 36.4 Å². The third-order valence-corrected chi connectivity index (χ3v) is 6.29. The molecule has 1 aromatic heterocycles. The fourth-order valence-corrected chi connectivity index (χ4v) is 4.89. The number of rotatable bonds is 6. The quantitative estimate of drug-likeness (QED) is 0.508. The molecule has 0 aliphatic heterocycles. The van der Waals surface area contributed by atoms with Crippen molar-refractivity contribution in [2.24, 2.45) is 0 Å². The van der Waals surface area contributed by atoms with E-state index in [9.17, 15) is 19.8 Å². The van der Waals surface area contributed by atoms with Crippen molar-refractivity contribution in [1.29, 1.82) is 0 Å². The third kappa shape index (κ3) is 3.96. The minimum Gasteiger partial charge on any atom is -0.478 e. The second-order valence-electron chi connectivity index (χ2n) is 7.14. The molecule has 0 aliphatic rings. The Hall–Kier alpha value is -2.92. The van der Waals surface area contributed by atoms with Gasteiger partial charge >= 0.3 is 11.9 Å². The van der Waals surface area contributed by atoms with Gasteiger partial charge in [-0.1, -0.05) is 26.0 Å². The molecular formula is C24H24O4S. The van der Waals surface area contributed by atoms with Crippen LogP contribution < -0.4 is 0 Å². The number of carboxylic acids is 2. The average Bonchev–Trinajstić information content (AvgIpc) is 3.16. The highest BCUT2D eigenvalue weighted by Gasteiger charge is 2.18. The van der Waals surface area contributed by atoms with Gasteiger partial charge in [0.05, 0.1) is 5.56 Å². The SMILES string of the molecule is CCc1cc(C(=O)O)cc(C)c1-c1cc(C)c(-c2ccc(C(=O)O)s2)c(CC)c1. The fraction of sp³-hybridized carbons (Fsp3) is 0.250. The molecule has 3 aromatic rings. The first kappa shape index (κ1) is 20.8. The highest BCUT2D eigenvalue weighted by molar-refractivity contribution is 7.17. The predicted octanol–water partition coefficient (Wildman–Crippen LogP) is 6.22. The number of aryl methyl sites for hydroxylation is 4. The van der Waals surface area contributed by atoms with E-state index in [4.69, 9.17) is 0 Å². The van der Waals surface area contributed by atoms with E-state index in [2.05, 4.69) is 19.1 Å². The number of carbonyl (C=O) groups is 2. The van der Waals surface area contributed by atoms with Crippen LogP contribution in [0, 0.1) is 13.8 Å². The molecule has 0 aliphatic carbocycles. The second kappa shape index (κ2) is 8.21. The molecule has 0 saturated carbocycles. The molecule has 3 rings (SSSR count). The van der Waals surface area contributed by atoms with Gasteiger partial charge < -0.3 is 10.2 Å². The van der Waals surface area contributed by atoms with E-state index in [0.29, 0.717) is 10.4 Å². The van der Waals surface area contributed by atoms with Gasteiger partial charge in [0, 0.05) is 4.88 Å². The molecule has 0 unspecified atom stereocenters. The van der Waals surface area contributed by atoms with Crippen LogP contribution in [0.4, 0.5) is 0 Å². The lowest BCUT2D eigenvalue weighted by molar-refractivity contribution is 0.0688. The summed E-state index contributed by atoms with van der Waals surface area (Å²) in [5.74, 6) is -1.82. The van der Waals surface area contributed by atoms with E-state index in [0.717, 1.165) is 56.7 Å². The van der Waals surface area contributed by atoms with E-state index in [-0.39, 0.29) is 0 Å². The summed E-state index contributed by atoms with van der Waals surface area (Å²) in [4.78, 5) is 24.0. The predicted molar refractivity (Wildman–Crippen MR) is 117 cm³/mol. The van der Waals surface area contributed by atoms with Crippen LogP contribution >= 0.6 is 11.3 Å². The molecule has 0 bridgehead atoms. The number of aromatic carboxylic acids is 2. The van der Waals surface area contributed by atoms with Crippen molar-refractivity contribution in [3.63, 3.8) is 0 Å². The summed E-state index contributed by atoms with van der Waals surface area (Å²) >= 11 is 1.29. The Morgan fingerprint density at radius 2 is 1.45 bits per heavy atom. The molecule has 2 N–H and O–H groups in total. The van der Waals surface area contributed by atoms with Gasteiger partial charge in [0.25, 0.3) is 0 Å². The van der Waals surface area contributed by atoms with E-state index < -0.39 is 11.9 Å². The maximum atomic E-state index is 11.4. The Bertz CT molecular complexity index is 1110. The van der Waals surface area contributed by atoms with Gasteiger partial charge in [0.2, 0.25) is 0 Å². The van der Waals surface area contributed by atoms with Gasteiger partial charge in [0.15, 0.2) is 0 Å². The van der Waals surface area contributed by atoms with Gasteiger partial charge in [-0.15, -0.1) is 11.3 Å². The van der Waals surface area contributed by atoms with Gasteiger partial charge in [-0.3, -0.25) is 0 Å². The molecule has 0 spiro atoms. The monoisotopic (exact) mass is 408 g/mol. The maximum Gasteiger partial charge on any atom is 0.345 e. The maximum absolute atomic E-state index is 11.4. The van der Waals surface area contributed by atoms with E-state index >= 15 is 0 Å². The van der Waals surface area contributed by atoms with Gasteiger partial charge in [0.1, 0.15) is 4.88 Å². The topological polar surface area (TPSA) is 74.6 Å². The van der Waals surface area contributed by atoms with Crippen molar-refractivity contribution < 1.29 is 19.8 Å². The fourth-order valence-electron chi connectivity index (χ4n) is 3.90. The summed E-state index contributed by atoms with van der Waals surface area (Å²) in [7, 11) is 0. The van der Waals surface area contributed by atoms with Crippen LogP contribution in [0.2, 0.25) is 0 Å². The molecule has 2 aromatic carbocycles. The minimum atomic E-state index is -0.915. The zero-order valence-corrected chi connectivity index (χ0v) is 17.8. The molecule has 29 heavy (non-hydrogen) atoms. The Morgan fingerprint density at radius 3 is 2.00 bits per heavy atom. The van der Waals surface area contributed by atoms with Crippen LogP contribution in [0.1, 0.15) is 56.1 Å². The zero-order valence-electron chi connectivity index (χ0n) is 17.0. The van der Waals surface area contributed by atoms with Gasteiger partial charge in [-0.2, -0.15) is 0 Å². The Balaban J connectivity index is 2.19. The van der Waals surface area contributed by atoms with Crippen molar-refractivity contribution >= 4 is 23.3 Å². The number of thiophene rings is 1. The lowest BCUT2D eigenvalue weighted by Gasteiger charge is -2.18. The average molecular weight is 409 g/mol. The summed E-state index contributed by atoms with van der Waals surface area (Å²) in [5.41, 5.74) is 7.76. The van der Waals surface area contributed by atoms with Crippen LogP contribution in [0.3, 0.4) is 0 Å².